The predicted octanol–water partition coefficient (Wildman–Crippen LogP) is 3.87. The van der Waals surface area contributed by atoms with E-state index in [1.807, 2.05) is 42.5 Å². The lowest BCUT2D eigenvalue weighted by Gasteiger charge is -2.19. The Labute approximate surface area is 144 Å². The van der Waals surface area contributed by atoms with Crippen molar-refractivity contribution in [2.45, 2.75) is 13.0 Å². The van der Waals surface area contributed by atoms with Gasteiger partial charge in [-0.1, -0.05) is 36.4 Å². The van der Waals surface area contributed by atoms with Crippen molar-refractivity contribution in [1.29, 1.82) is 0 Å². The SMILES string of the molecule is CC(=O)c1cc(C(=O)N[C@@H](c2ccccc2)c2cccnc2)cs1. The third kappa shape index (κ3) is 3.58. The van der Waals surface area contributed by atoms with Gasteiger partial charge in [0.05, 0.1) is 16.5 Å². The molecule has 4 nitrogen and oxygen atoms in total. The fourth-order valence-electron chi connectivity index (χ4n) is 2.41. The Bertz CT molecular complexity index is 805. The number of nitrogens with one attached hydrogen (secondary N) is 1. The molecule has 0 fully saturated rings. The molecule has 0 aliphatic rings. The highest BCUT2D eigenvalue weighted by Gasteiger charge is 2.19. The Morgan fingerprint density at radius 1 is 1.08 bits per heavy atom. The van der Waals surface area contributed by atoms with Crippen molar-refractivity contribution >= 4 is 23.0 Å². The Morgan fingerprint density at radius 2 is 1.83 bits per heavy atom. The molecule has 3 rings (SSSR count). The highest BCUT2D eigenvalue weighted by Crippen LogP contribution is 2.23. The topological polar surface area (TPSA) is 59.1 Å². The van der Waals surface area contributed by atoms with Crippen LogP contribution in [0.2, 0.25) is 0 Å². The predicted molar refractivity (Wildman–Crippen MR) is 94.3 cm³/mol. The smallest absolute Gasteiger partial charge is 0.252 e. The quantitative estimate of drug-likeness (QED) is 0.720. The molecule has 0 aliphatic heterocycles. The number of rotatable bonds is 5. The van der Waals surface area contributed by atoms with Crippen molar-refractivity contribution in [2.24, 2.45) is 0 Å². The lowest BCUT2D eigenvalue weighted by Crippen LogP contribution is -2.29. The molecule has 1 aromatic carbocycles. The van der Waals surface area contributed by atoms with E-state index in [2.05, 4.69) is 10.3 Å². The first-order chi connectivity index (χ1) is 11.6. The molecule has 0 bridgehead atoms. The monoisotopic (exact) mass is 336 g/mol. The minimum atomic E-state index is -0.298. The van der Waals surface area contributed by atoms with Crippen molar-refractivity contribution in [3.63, 3.8) is 0 Å². The number of ketones is 1. The van der Waals surface area contributed by atoms with Crippen molar-refractivity contribution in [2.75, 3.05) is 0 Å². The Balaban J connectivity index is 1.89. The summed E-state index contributed by atoms with van der Waals surface area (Å²) in [4.78, 5) is 28.7. The lowest BCUT2D eigenvalue weighted by molar-refractivity contribution is 0.0943. The zero-order chi connectivity index (χ0) is 16.9. The van der Waals surface area contributed by atoms with Gasteiger partial charge in [-0.05, 0) is 30.2 Å². The Hall–Kier alpha value is -2.79. The number of aromatic nitrogens is 1. The molecule has 2 heterocycles. The summed E-state index contributed by atoms with van der Waals surface area (Å²) >= 11 is 1.28. The number of carbonyl (C=O) groups excluding carboxylic acids is 2. The summed E-state index contributed by atoms with van der Waals surface area (Å²) in [7, 11) is 0. The summed E-state index contributed by atoms with van der Waals surface area (Å²) in [6.07, 6.45) is 3.44. The largest absolute Gasteiger partial charge is 0.341 e. The van der Waals surface area contributed by atoms with Crippen LogP contribution in [-0.4, -0.2) is 16.7 Å². The van der Waals surface area contributed by atoms with Crippen molar-refractivity contribution < 1.29 is 9.59 Å². The van der Waals surface area contributed by atoms with Gasteiger partial charge in [0.15, 0.2) is 5.78 Å². The van der Waals surface area contributed by atoms with E-state index in [9.17, 15) is 9.59 Å². The number of carbonyl (C=O) groups is 2. The van der Waals surface area contributed by atoms with Crippen LogP contribution >= 0.6 is 11.3 Å². The molecule has 2 aromatic heterocycles. The number of benzene rings is 1. The van der Waals surface area contributed by atoms with Crippen molar-refractivity contribution in [3.05, 3.63) is 87.9 Å². The second-order valence-corrected chi connectivity index (χ2v) is 6.27. The van der Waals surface area contributed by atoms with Crippen LogP contribution in [0.4, 0.5) is 0 Å². The van der Waals surface area contributed by atoms with Gasteiger partial charge in [-0.2, -0.15) is 0 Å². The van der Waals surface area contributed by atoms with Crippen LogP contribution < -0.4 is 5.32 Å². The van der Waals surface area contributed by atoms with Gasteiger partial charge in [-0.3, -0.25) is 14.6 Å². The highest BCUT2D eigenvalue weighted by atomic mass is 32.1. The van der Waals surface area contributed by atoms with Gasteiger partial charge in [0.1, 0.15) is 0 Å². The van der Waals surface area contributed by atoms with Crippen molar-refractivity contribution in [1.82, 2.24) is 10.3 Å². The molecule has 5 heteroatoms. The summed E-state index contributed by atoms with van der Waals surface area (Å²) < 4.78 is 0. The number of hydrogen-bond acceptors (Lipinski definition) is 4. The molecule has 0 unspecified atom stereocenters. The van der Waals surface area contributed by atoms with Gasteiger partial charge in [0.2, 0.25) is 0 Å². The van der Waals surface area contributed by atoms with Crippen LogP contribution in [-0.2, 0) is 0 Å². The number of thiophene rings is 1. The molecular weight excluding hydrogens is 320 g/mol. The van der Waals surface area contributed by atoms with E-state index in [4.69, 9.17) is 0 Å². The normalized spacial score (nSPS) is 11.7. The van der Waals surface area contributed by atoms with Crippen LogP contribution in [0.15, 0.2) is 66.3 Å². The number of hydrogen-bond donors (Lipinski definition) is 1. The van der Waals surface area contributed by atoms with Crippen LogP contribution in [0, 0.1) is 0 Å². The van der Waals surface area contributed by atoms with Crippen LogP contribution in [0.25, 0.3) is 0 Å². The lowest BCUT2D eigenvalue weighted by atomic mass is 10.00. The minimum absolute atomic E-state index is 0.0362. The maximum Gasteiger partial charge on any atom is 0.252 e. The number of Topliss-reactive ketones (excluding diaryl/α,β-unsaturated/α-hetero) is 1. The molecular formula is C19H16N2O2S. The molecule has 24 heavy (non-hydrogen) atoms. The fourth-order valence-corrected chi connectivity index (χ4v) is 3.20. The van der Waals surface area contributed by atoms with Gasteiger partial charge in [-0.25, -0.2) is 0 Å². The van der Waals surface area contributed by atoms with E-state index in [0.29, 0.717) is 10.4 Å². The maximum atomic E-state index is 12.6. The second kappa shape index (κ2) is 7.19. The number of pyridine rings is 1. The molecule has 0 spiro atoms. The zero-order valence-corrected chi connectivity index (χ0v) is 13.9. The summed E-state index contributed by atoms with van der Waals surface area (Å²) in [5, 5.41) is 4.74. The van der Waals surface area contributed by atoms with Gasteiger partial charge in [0.25, 0.3) is 5.91 Å². The summed E-state index contributed by atoms with van der Waals surface area (Å²) in [5.41, 5.74) is 2.37. The Morgan fingerprint density at radius 3 is 2.46 bits per heavy atom. The average molecular weight is 336 g/mol. The van der Waals surface area contributed by atoms with E-state index < -0.39 is 0 Å². The van der Waals surface area contributed by atoms with E-state index in [1.165, 1.54) is 18.3 Å². The number of nitrogens with zero attached hydrogens (tertiary/aromatic N) is 1. The molecule has 0 saturated heterocycles. The molecule has 1 atom stereocenters. The highest BCUT2D eigenvalue weighted by molar-refractivity contribution is 7.12. The third-order valence-electron chi connectivity index (χ3n) is 3.63. The standard InChI is InChI=1S/C19H16N2O2S/c1-13(22)17-10-16(12-24-17)19(23)21-18(14-6-3-2-4-7-14)15-8-5-9-20-11-15/h2-12,18H,1H3,(H,21,23)/t18-/m0/s1. The van der Waals surface area contributed by atoms with Gasteiger partial charge in [0, 0.05) is 17.8 Å². The molecule has 3 aromatic rings. The average Bonchev–Trinajstić information content (AvgIpc) is 3.11. The fraction of sp³-hybridized carbons (Fsp3) is 0.105. The molecule has 0 radical (unpaired) electrons. The summed E-state index contributed by atoms with van der Waals surface area (Å²) in [5.74, 6) is -0.248. The first-order valence-corrected chi connectivity index (χ1v) is 8.38. The molecule has 0 aliphatic carbocycles. The molecule has 0 saturated carbocycles. The number of amides is 1. The first kappa shape index (κ1) is 16.1. The van der Waals surface area contributed by atoms with E-state index in [-0.39, 0.29) is 17.7 Å². The first-order valence-electron chi connectivity index (χ1n) is 7.50. The van der Waals surface area contributed by atoms with E-state index in [0.717, 1.165) is 11.1 Å². The minimum Gasteiger partial charge on any atom is -0.341 e. The van der Waals surface area contributed by atoms with Crippen LogP contribution in [0.1, 0.15) is 44.1 Å². The second-order valence-electron chi connectivity index (χ2n) is 5.36. The molecule has 1 N–H and O–H groups in total. The van der Waals surface area contributed by atoms with Crippen LogP contribution in [0.5, 0.6) is 0 Å². The zero-order valence-electron chi connectivity index (χ0n) is 13.1. The summed E-state index contributed by atoms with van der Waals surface area (Å²) in [6.45, 7) is 1.50. The Kier molecular flexibility index (Phi) is 4.82. The van der Waals surface area contributed by atoms with E-state index >= 15 is 0 Å². The maximum absolute atomic E-state index is 12.6. The molecule has 1 amide bonds. The van der Waals surface area contributed by atoms with Crippen molar-refractivity contribution in [3.8, 4) is 0 Å². The van der Waals surface area contributed by atoms with Gasteiger partial charge < -0.3 is 5.32 Å². The van der Waals surface area contributed by atoms with Gasteiger partial charge >= 0.3 is 0 Å². The van der Waals surface area contributed by atoms with Crippen LogP contribution in [0.3, 0.4) is 0 Å². The molecule has 120 valence electrons. The third-order valence-corrected chi connectivity index (χ3v) is 4.67. The van der Waals surface area contributed by atoms with E-state index in [1.54, 1.807) is 23.8 Å². The van der Waals surface area contributed by atoms with Gasteiger partial charge in [-0.15, -0.1) is 11.3 Å². The summed E-state index contributed by atoms with van der Waals surface area (Å²) in [6, 6.07) is 14.8.